The van der Waals surface area contributed by atoms with E-state index in [1.54, 1.807) is 6.07 Å². The normalized spacial score (nSPS) is 14.6. The van der Waals surface area contributed by atoms with Crippen LogP contribution in [0.15, 0.2) is 36.4 Å². The summed E-state index contributed by atoms with van der Waals surface area (Å²) >= 11 is 5.33. The summed E-state index contributed by atoms with van der Waals surface area (Å²) in [7, 11) is 3.96. The fraction of sp³-hybridized carbons (Fsp3) is 0.222. The van der Waals surface area contributed by atoms with Gasteiger partial charge in [0.05, 0.1) is 11.6 Å². The topological polar surface area (TPSA) is 53.3 Å². The van der Waals surface area contributed by atoms with Crippen LogP contribution in [-0.4, -0.2) is 26.1 Å². The number of fused-ring (bicyclic) bond motifs is 3. The molecule has 0 spiro atoms. The van der Waals surface area contributed by atoms with Crippen LogP contribution in [0.4, 0.5) is 10.5 Å². The molecular weight excluding hydrogens is 312 g/mol. The minimum Gasteiger partial charge on any atom is -0.453 e. The van der Waals surface area contributed by atoms with Crippen molar-refractivity contribution in [2.24, 2.45) is 0 Å². The summed E-state index contributed by atoms with van der Waals surface area (Å²) in [5, 5.41) is 9.13. The van der Waals surface area contributed by atoms with Crippen molar-refractivity contribution in [2.75, 3.05) is 25.6 Å². The van der Waals surface area contributed by atoms with Crippen molar-refractivity contribution in [2.45, 2.75) is 5.92 Å². The number of hydrogen-bond acceptors (Lipinski definition) is 4. The van der Waals surface area contributed by atoms with E-state index in [9.17, 15) is 4.79 Å². The summed E-state index contributed by atoms with van der Waals surface area (Å²) in [5.74, 6) is -0.0738. The van der Waals surface area contributed by atoms with E-state index in [1.807, 2.05) is 43.3 Å². The fourth-order valence-corrected chi connectivity index (χ4v) is 3.08. The maximum atomic E-state index is 11.0. The van der Waals surface area contributed by atoms with Gasteiger partial charge in [0.15, 0.2) is 0 Å². The quantitative estimate of drug-likeness (QED) is 0.796. The van der Waals surface area contributed by atoms with Crippen LogP contribution in [0.1, 0.15) is 22.6 Å². The van der Waals surface area contributed by atoms with E-state index in [1.165, 1.54) is 0 Å². The first kappa shape index (κ1) is 15.4. The zero-order valence-corrected chi connectivity index (χ0v) is 13.6. The predicted octanol–water partition coefficient (Wildman–Crippen LogP) is 4.11. The number of rotatable bonds is 3. The molecule has 3 rings (SSSR count). The molecule has 0 bridgehead atoms. The van der Waals surface area contributed by atoms with Crippen molar-refractivity contribution in [1.82, 2.24) is 0 Å². The lowest BCUT2D eigenvalue weighted by Crippen LogP contribution is -2.11. The van der Waals surface area contributed by atoms with Crippen LogP contribution < -0.4 is 4.90 Å². The number of nitrogens with zero attached hydrogens (tertiary/aromatic N) is 2. The van der Waals surface area contributed by atoms with Gasteiger partial charge in [-0.05, 0) is 46.5 Å². The van der Waals surface area contributed by atoms with Crippen molar-refractivity contribution in [3.05, 3.63) is 53.1 Å². The third-order valence-electron chi connectivity index (χ3n) is 4.14. The van der Waals surface area contributed by atoms with Crippen LogP contribution in [-0.2, 0) is 4.74 Å². The largest absolute Gasteiger partial charge is 0.453 e. The van der Waals surface area contributed by atoms with E-state index in [0.717, 1.165) is 27.9 Å². The first-order valence-corrected chi connectivity index (χ1v) is 7.57. The van der Waals surface area contributed by atoms with Gasteiger partial charge in [-0.3, -0.25) is 0 Å². The summed E-state index contributed by atoms with van der Waals surface area (Å²) in [4.78, 5) is 13.0. The predicted molar refractivity (Wildman–Crippen MR) is 90.0 cm³/mol. The van der Waals surface area contributed by atoms with Gasteiger partial charge in [-0.1, -0.05) is 12.1 Å². The highest BCUT2D eigenvalue weighted by Crippen LogP contribution is 2.46. The number of nitriles is 1. The first-order valence-electron chi connectivity index (χ1n) is 7.19. The fourth-order valence-electron chi connectivity index (χ4n) is 3.02. The highest BCUT2D eigenvalue weighted by atomic mass is 35.5. The van der Waals surface area contributed by atoms with Crippen molar-refractivity contribution in [1.29, 1.82) is 5.26 Å². The second kappa shape index (κ2) is 5.94. The first-order chi connectivity index (χ1) is 11.0. The molecule has 0 saturated heterocycles. The van der Waals surface area contributed by atoms with E-state index in [0.29, 0.717) is 5.56 Å². The summed E-state index contributed by atoms with van der Waals surface area (Å²) in [5.41, 5.74) is 5.09. The summed E-state index contributed by atoms with van der Waals surface area (Å²) in [6.07, 6.45) is 0. The number of anilines is 1. The maximum absolute atomic E-state index is 11.0. The summed E-state index contributed by atoms with van der Waals surface area (Å²) in [6.45, 7) is 0.186. The smallest absolute Gasteiger partial charge is 0.403 e. The molecule has 5 heteroatoms. The van der Waals surface area contributed by atoms with E-state index >= 15 is 0 Å². The Morgan fingerprint density at radius 3 is 2.65 bits per heavy atom. The van der Waals surface area contributed by atoms with Gasteiger partial charge in [0, 0.05) is 37.3 Å². The Balaban J connectivity index is 2.13. The van der Waals surface area contributed by atoms with Gasteiger partial charge in [0.2, 0.25) is 0 Å². The highest BCUT2D eigenvalue weighted by molar-refractivity contribution is 6.61. The molecule has 0 heterocycles. The molecule has 0 amide bonds. The van der Waals surface area contributed by atoms with Crippen molar-refractivity contribution >= 4 is 22.7 Å². The van der Waals surface area contributed by atoms with E-state index in [4.69, 9.17) is 21.6 Å². The average Bonchev–Trinajstić information content (AvgIpc) is 2.85. The molecule has 0 aromatic heterocycles. The lowest BCUT2D eigenvalue weighted by molar-refractivity contribution is 0.170. The van der Waals surface area contributed by atoms with Gasteiger partial charge < -0.3 is 9.64 Å². The molecule has 0 radical (unpaired) electrons. The molecule has 116 valence electrons. The highest BCUT2D eigenvalue weighted by Gasteiger charge is 2.30. The van der Waals surface area contributed by atoms with Crippen LogP contribution in [0.5, 0.6) is 0 Å². The molecule has 1 atom stereocenters. The third-order valence-corrected chi connectivity index (χ3v) is 4.25. The molecule has 2 aromatic rings. The number of benzene rings is 2. The van der Waals surface area contributed by atoms with Crippen LogP contribution in [0.2, 0.25) is 0 Å². The Morgan fingerprint density at radius 2 is 2.00 bits per heavy atom. The monoisotopic (exact) mass is 326 g/mol. The van der Waals surface area contributed by atoms with Crippen LogP contribution in [0.25, 0.3) is 11.1 Å². The lowest BCUT2D eigenvalue weighted by Gasteiger charge is -2.17. The van der Waals surface area contributed by atoms with Gasteiger partial charge in [0.1, 0.15) is 6.61 Å². The van der Waals surface area contributed by atoms with Crippen molar-refractivity contribution in [3.63, 3.8) is 0 Å². The molecule has 1 aliphatic carbocycles. The molecule has 0 fully saturated rings. The molecule has 2 aromatic carbocycles. The standard InChI is InChI=1S/C18H15ClN2O2/c1-21(2)12-4-6-13-15-7-11(9-20)3-5-14(15)17(16(13)8-12)10-23-18(19)22/h3-8,17H,10H2,1-2H3. The number of carbonyl (C=O) groups is 1. The molecular formula is C18H15ClN2O2. The zero-order chi connectivity index (χ0) is 16.6. The molecule has 4 nitrogen and oxygen atoms in total. The van der Waals surface area contributed by atoms with Gasteiger partial charge in [-0.2, -0.15) is 5.26 Å². The lowest BCUT2D eigenvalue weighted by atomic mass is 9.97. The average molecular weight is 327 g/mol. The molecule has 0 saturated carbocycles. The second-order valence-corrected chi connectivity index (χ2v) is 5.99. The van der Waals surface area contributed by atoms with E-state index < -0.39 is 5.43 Å². The van der Waals surface area contributed by atoms with Crippen molar-refractivity contribution in [3.8, 4) is 17.2 Å². The van der Waals surface area contributed by atoms with Gasteiger partial charge in [0.25, 0.3) is 0 Å². The van der Waals surface area contributed by atoms with Gasteiger partial charge in [-0.25, -0.2) is 4.79 Å². The van der Waals surface area contributed by atoms with Crippen LogP contribution in [0.3, 0.4) is 0 Å². The number of halogens is 1. The molecule has 23 heavy (non-hydrogen) atoms. The number of hydrogen-bond donors (Lipinski definition) is 0. The molecule has 0 aliphatic heterocycles. The van der Waals surface area contributed by atoms with Gasteiger partial charge >= 0.3 is 5.43 Å². The molecule has 0 N–H and O–H groups in total. The van der Waals surface area contributed by atoms with Gasteiger partial charge in [-0.15, -0.1) is 0 Å². The Kier molecular flexibility index (Phi) is 3.97. The molecule has 1 aliphatic rings. The third kappa shape index (κ3) is 2.76. The second-order valence-electron chi connectivity index (χ2n) is 5.68. The minimum atomic E-state index is -0.808. The maximum Gasteiger partial charge on any atom is 0.403 e. The van der Waals surface area contributed by atoms with E-state index in [-0.39, 0.29) is 12.5 Å². The Bertz CT molecular complexity index is 824. The number of carbonyl (C=O) groups excluding carboxylic acids is 1. The van der Waals surface area contributed by atoms with Crippen LogP contribution >= 0.6 is 11.6 Å². The Hall–Kier alpha value is -2.51. The minimum absolute atomic E-state index is 0.0738. The summed E-state index contributed by atoms with van der Waals surface area (Å²) < 4.78 is 5.04. The summed E-state index contributed by atoms with van der Waals surface area (Å²) in [6, 6.07) is 13.9. The zero-order valence-electron chi connectivity index (χ0n) is 12.8. The van der Waals surface area contributed by atoms with Crippen molar-refractivity contribution < 1.29 is 9.53 Å². The van der Waals surface area contributed by atoms with Crippen LogP contribution in [0, 0.1) is 11.3 Å². The SMILES string of the molecule is CN(C)c1ccc2c(c1)C(COC(=O)Cl)c1ccc(C#N)cc1-2. The Labute approximate surface area is 139 Å². The Morgan fingerprint density at radius 1 is 1.22 bits per heavy atom. The number of ether oxygens (including phenoxy) is 1. The van der Waals surface area contributed by atoms with E-state index in [2.05, 4.69) is 12.1 Å². The molecule has 1 unspecified atom stereocenters.